The number of carbonyl (C=O) groups excluding carboxylic acids is 1. The highest BCUT2D eigenvalue weighted by atomic mass is 79.9. The lowest BCUT2D eigenvalue weighted by Gasteiger charge is -2.04. The van der Waals surface area contributed by atoms with Gasteiger partial charge in [0.1, 0.15) is 0 Å². The van der Waals surface area contributed by atoms with E-state index in [0.717, 1.165) is 34.1 Å². The zero-order valence-corrected chi connectivity index (χ0v) is 10.2. The summed E-state index contributed by atoms with van der Waals surface area (Å²) in [5, 5.41) is 2.23. The van der Waals surface area contributed by atoms with Crippen molar-refractivity contribution in [3.63, 3.8) is 0 Å². The molecule has 2 rings (SSSR count). The van der Waals surface area contributed by atoms with E-state index in [4.69, 9.17) is 5.73 Å². The van der Waals surface area contributed by atoms with Gasteiger partial charge in [0.05, 0.1) is 6.34 Å². The van der Waals surface area contributed by atoms with E-state index in [0.29, 0.717) is 5.56 Å². The molecule has 16 heavy (non-hydrogen) atoms. The molecule has 0 unspecified atom stereocenters. The highest BCUT2D eigenvalue weighted by molar-refractivity contribution is 9.10. The van der Waals surface area contributed by atoms with Crippen LogP contribution < -0.4 is 16.2 Å². The maximum Gasteiger partial charge on any atom is 0.278 e. The van der Waals surface area contributed by atoms with Crippen LogP contribution in [0.5, 0.6) is 0 Å². The van der Waals surface area contributed by atoms with Crippen molar-refractivity contribution in [2.75, 3.05) is 0 Å². The van der Waals surface area contributed by atoms with Gasteiger partial charge in [0.25, 0.3) is 5.91 Å². The van der Waals surface area contributed by atoms with Crippen LogP contribution in [0.2, 0.25) is 0 Å². The zero-order valence-electron chi connectivity index (χ0n) is 8.61. The number of amides is 1. The summed E-state index contributed by atoms with van der Waals surface area (Å²) in [5.41, 5.74) is 5.66. The van der Waals surface area contributed by atoms with Crippen LogP contribution in [0.3, 0.4) is 0 Å². The van der Waals surface area contributed by atoms with Crippen molar-refractivity contribution in [1.29, 1.82) is 0 Å². The van der Waals surface area contributed by atoms with E-state index in [-0.39, 0.29) is 5.91 Å². The number of nitrogens with two attached hydrogens (primary N) is 1. The van der Waals surface area contributed by atoms with E-state index in [1.807, 2.05) is 6.07 Å². The third-order valence-electron chi connectivity index (χ3n) is 2.48. The smallest absolute Gasteiger partial charge is 0.278 e. The summed E-state index contributed by atoms with van der Waals surface area (Å²) < 4.78 is 0.927. The van der Waals surface area contributed by atoms with Crippen molar-refractivity contribution in [3.8, 4) is 0 Å². The number of rotatable bonds is 1. The minimum atomic E-state index is -0.315. The SMILES string of the molecule is NC=NC(=O)c1cc(Br)c2c(c1)=CCCC=2. The maximum absolute atomic E-state index is 11.6. The second-order valence-electron chi connectivity index (χ2n) is 3.53. The number of aliphatic imine (C=N–C) groups is 1. The van der Waals surface area contributed by atoms with Crippen molar-refractivity contribution in [1.82, 2.24) is 0 Å². The Bertz CT molecular complexity index is 575. The molecule has 0 spiro atoms. The molecule has 2 N–H and O–H groups in total. The molecular formula is C12H11BrN2O. The van der Waals surface area contributed by atoms with Crippen LogP contribution >= 0.6 is 15.9 Å². The first kappa shape index (κ1) is 11.1. The molecule has 0 heterocycles. The zero-order chi connectivity index (χ0) is 11.5. The molecule has 0 atom stereocenters. The molecular weight excluding hydrogens is 268 g/mol. The molecule has 1 amide bonds. The van der Waals surface area contributed by atoms with Crippen molar-refractivity contribution >= 4 is 40.3 Å². The number of fused-ring (bicyclic) bond motifs is 1. The molecule has 0 saturated heterocycles. The predicted molar refractivity (Wildman–Crippen MR) is 68.6 cm³/mol. The van der Waals surface area contributed by atoms with E-state index in [9.17, 15) is 4.79 Å². The average Bonchev–Trinajstić information content (AvgIpc) is 2.29. The lowest BCUT2D eigenvalue weighted by atomic mass is 10.1. The summed E-state index contributed by atoms with van der Waals surface area (Å²) in [6, 6.07) is 3.63. The summed E-state index contributed by atoms with van der Waals surface area (Å²) in [6.45, 7) is 0. The van der Waals surface area contributed by atoms with Gasteiger partial charge in [0.15, 0.2) is 0 Å². The molecule has 0 aliphatic heterocycles. The second kappa shape index (κ2) is 4.61. The first-order chi connectivity index (χ1) is 7.72. The molecule has 1 aromatic rings. The molecule has 1 aliphatic rings. The van der Waals surface area contributed by atoms with Crippen LogP contribution in [0.1, 0.15) is 23.2 Å². The fourth-order valence-corrected chi connectivity index (χ4v) is 2.39. The minimum Gasteiger partial charge on any atom is -0.390 e. The Balaban J connectivity index is 2.61. The summed E-state index contributed by atoms with van der Waals surface area (Å²) in [7, 11) is 0. The third-order valence-corrected chi connectivity index (χ3v) is 3.14. The summed E-state index contributed by atoms with van der Waals surface area (Å²) >= 11 is 3.47. The van der Waals surface area contributed by atoms with Gasteiger partial charge in [0, 0.05) is 10.0 Å². The number of carbonyl (C=O) groups is 1. The lowest BCUT2D eigenvalue weighted by molar-refractivity contribution is 0.100. The third kappa shape index (κ3) is 2.07. The number of benzene rings is 1. The standard InChI is InChI=1S/C12H11BrN2O/c13-11-6-9(12(16)15-7-14)5-8-3-1-2-4-10(8)11/h3-7H,1-2H2,(H2,14,15,16). The average molecular weight is 279 g/mol. The van der Waals surface area contributed by atoms with Crippen LogP contribution in [0.15, 0.2) is 21.6 Å². The first-order valence-electron chi connectivity index (χ1n) is 5.01. The Morgan fingerprint density at radius 2 is 2.12 bits per heavy atom. The Labute approximate surface area is 102 Å². The normalized spacial score (nSPS) is 14.1. The summed E-state index contributed by atoms with van der Waals surface area (Å²) in [6.07, 6.45) is 7.37. The topological polar surface area (TPSA) is 55.4 Å². The van der Waals surface area contributed by atoms with Gasteiger partial charge >= 0.3 is 0 Å². The van der Waals surface area contributed by atoms with Gasteiger partial charge < -0.3 is 5.73 Å². The Morgan fingerprint density at radius 3 is 2.88 bits per heavy atom. The largest absolute Gasteiger partial charge is 0.390 e. The molecule has 0 saturated carbocycles. The first-order valence-corrected chi connectivity index (χ1v) is 5.80. The molecule has 3 nitrogen and oxygen atoms in total. The van der Waals surface area contributed by atoms with Crippen molar-refractivity contribution in [2.45, 2.75) is 12.8 Å². The van der Waals surface area contributed by atoms with E-state index >= 15 is 0 Å². The Morgan fingerprint density at radius 1 is 1.38 bits per heavy atom. The number of hydrogen-bond acceptors (Lipinski definition) is 1. The molecule has 4 heteroatoms. The van der Waals surface area contributed by atoms with Gasteiger partial charge in [-0.2, -0.15) is 4.99 Å². The van der Waals surface area contributed by atoms with Gasteiger partial charge in [-0.1, -0.05) is 28.1 Å². The molecule has 1 aliphatic carbocycles. The number of nitrogens with zero attached hydrogens (tertiary/aromatic N) is 1. The van der Waals surface area contributed by atoms with Crippen LogP contribution in [-0.4, -0.2) is 12.2 Å². The van der Waals surface area contributed by atoms with Crippen LogP contribution in [-0.2, 0) is 0 Å². The molecule has 82 valence electrons. The molecule has 0 radical (unpaired) electrons. The van der Waals surface area contributed by atoms with Crippen molar-refractivity contribution in [3.05, 3.63) is 32.6 Å². The fraction of sp³-hybridized carbons (Fsp3) is 0.167. The number of hydrogen-bond donors (Lipinski definition) is 1. The van der Waals surface area contributed by atoms with E-state index in [1.165, 1.54) is 0 Å². The predicted octanol–water partition coefficient (Wildman–Crippen LogP) is 0.931. The maximum atomic E-state index is 11.6. The van der Waals surface area contributed by atoms with Crippen LogP contribution in [0, 0.1) is 0 Å². The van der Waals surface area contributed by atoms with E-state index in [1.54, 1.807) is 6.07 Å². The molecule has 0 bridgehead atoms. The van der Waals surface area contributed by atoms with E-state index in [2.05, 4.69) is 33.1 Å². The molecule has 0 fully saturated rings. The quantitative estimate of drug-likeness (QED) is 0.614. The van der Waals surface area contributed by atoms with Crippen molar-refractivity contribution < 1.29 is 4.79 Å². The Hall–Kier alpha value is -1.42. The van der Waals surface area contributed by atoms with Gasteiger partial charge in [-0.15, -0.1) is 0 Å². The monoisotopic (exact) mass is 278 g/mol. The van der Waals surface area contributed by atoms with Crippen LogP contribution in [0.4, 0.5) is 0 Å². The minimum absolute atomic E-state index is 0.315. The van der Waals surface area contributed by atoms with Gasteiger partial charge in [-0.25, -0.2) is 0 Å². The Kier molecular flexibility index (Phi) is 3.19. The van der Waals surface area contributed by atoms with Crippen LogP contribution in [0.25, 0.3) is 12.2 Å². The summed E-state index contributed by atoms with van der Waals surface area (Å²) in [5.74, 6) is -0.315. The van der Waals surface area contributed by atoms with Gasteiger partial charge in [0.2, 0.25) is 0 Å². The molecule has 1 aromatic carbocycles. The highest BCUT2D eigenvalue weighted by Crippen LogP contribution is 2.08. The van der Waals surface area contributed by atoms with Crippen molar-refractivity contribution in [2.24, 2.45) is 10.7 Å². The summed E-state index contributed by atoms with van der Waals surface area (Å²) in [4.78, 5) is 15.1. The molecule has 0 aromatic heterocycles. The number of halogens is 1. The second-order valence-corrected chi connectivity index (χ2v) is 4.38. The van der Waals surface area contributed by atoms with Gasteiger partial charge in [-0.05, 0) is 35.4 Å². The lowest BCUT2D eigenvalue weighted by Crippen LogP contribution is -2.29. The van der Waals surface area contributed by atoms with Gasteiger partial charge in [-0.3, -0.25) is 4.79 Å². The fourth-order valence-electron chi connectivity index (χ4n) is 1.76. The highest BCUT2D eigenvalue weighted by Gasteiger charge is 2.07. The van der Waals surface area contributed by atoms with E-state index < -0.39 is 0 Å².